The fourth-order valence-electron chi connectivity index (χ4n) is 6.31. The molecule has 2 amide bonds. The van der Waals surface area contributed by atoms with Crippen molar-refractivity contribution >= 4 is 79.2 Å². The Hall–Kier alpha value is -5.88. The van der Waals surface area contributed by atoms with Crippen LogP contribution >= 0.6 is 0 Å². The Morgan fingerprint density at radius 3 is 1.36 bits per heavy atom. The first-order chi connectivity index (χ1) is 20.6. The number of fused-ring (bicyclic) bond motifs is 6. The Morgan fingerprint density at radius 1 is 0.524 bits per heavy atom. The largest absolute Gasteiger partial charge is 0.321 e. The summed E-state index contributed by atoms with van der Waals surface area (Å²) in [4.78, 5) is 26.3. The van der Waals surface area contributed by atoms with Crippen LogP contribution in [-0.2, 0) is 9.59 Å². The number of para-hydroxylation sites is 2. The second-order valence-corrected chi connectivity index (χ2v) is 10.5. The first-order valence-corrected chi connectivity index (χ1v) is 13.7. The van der Waals surface area contributed by atoms with Crippen molar-refractivity contribution in [2.45, 2.75) is 0 Å². The molecule has 0 saturated heterocycles. The Kier molecular flexibility index (Phi) is 5.03. The molecule has 4 aromatic carbocycles. The third-order valence-corrected chi connectivity index (χ3v) is 8.26. The third-order valence-electron chi connectivity index (χ3n) is 8.26. The van der Waals surface area contributed by atoms with Crippen LogP contribution in [0.4, 0.5) is 0 Å². The molecular weight excluding hydrogens is 520 g/mol. The lowest BCUT2D eigenvalue weighted by Gasteiger charge is -2.05. The average molecular weight is 545 g/mol. The summed E-state index contributed by atoms with van der Waals surface area (Å²) in [7, 11) is 0. The zero-order valence-corrected chi connectivity index (χ0v) is 22.5. The second-order valence-electron chi connectivity index (χ2n) is 10.5. The predicted octanol–water partition coefficient (Wildman–Crippen LogP) is 7.04. The van der Waals surface area contributed by atoms with Crippen molar-refractivity contribution < 1.29 is 9.59 Å². The van der Waals surface area contributed by atoms with Gasteiger partial charge in [-0.15, -0.1) is 0 Å². The molecule has 42 heavy (non-hydrogen) atoms. The van der Waals surface area contributed by atoms with Gasteiger partial charge >= 0.3 is 0 Å². The molecule has 4 heterocycles. The van der Waals surface area contributed by atoms with Gasteiger partial charge in [-0.2, -0.15) is 0 Å². The molecule has 200 valence electrons. The molecule has 0 radical (unpaired) electrons. The molecule has 0 unspecified atom stereocenters. The van der Waals surface area contributed by atoms with E-state index >= 15 is 0 Å². The highest BCUT2D eigenvalue weighted by atomic mass is 16.2. The lowest BCUT2D eigenvalue weighted by molar-refractivity contribution is -0.118. The molecule has 2 N–H and O–H groups in total. The molecule has 0 saturated carbocycles. The number of benzene rings is 4. The van der Waals surface area contributed by atoms with E-state index in [-0.39, 0.29) is 11.8 Å². The molecule has 0 spiro atoms. The Morgan fingerprint density at radius 2 is 0.929 bits per heavy atom. The van der Waals surface area contributed by atoms with E-state index in [9.17, 15) is 9.59 Å². The Labute approximate surface area is 240 Å². The fourth-order valence-corrected chi connectivity index (χ4v) is 6.31. The van der Waals surface area contributed by atoms with E-state index in [4.69, 9.17) is 0 Å². The number of nitrogens with one attached hydrogen (secondary N) is 2. The van der Waals surface area contributed by atoms with E-state index in [1.165, 1.54) is 0 Å². The number of amides is 2. The maximum atomic E-state index is 13.2. The van der Waals surface area contributed by atoms with Crippen LogP contribution in [0.2, 0.25) is 0 Å². The minimum absolute atomic E-state index is 0.306. The second kappa shape index (κ2) is 8.81. The topological polar surface area (TPSA) is 68.1 Å². The molecule has 8 rings (SSSR count). The van der Waals surface area contributed by atoms with Gasteiger partial charge in [0.2, 0.25) is 0 Å². The molecule has 0 aliphatic carbocycles. The van der Waals surface area contributed by atoms with Gasteiger partial charge in [-0.25, -0.2) is 0 Å². The molecule has 0 fully saturated rings. The molecule has 0 atom stereocenters. The van der Waals surface area contributed by atoms with Crippen LogP contribution in [0.25, 0.3) is 67.4 Å². The third kappa shape index (κ3) is 3.32. The van der Waals surface area contributed by atoms with Gasteiger partial charge in [0.05, 0.1) is 33.2 Å². The van der Waals surface area contributed by atoms with Gasteiger partial charge in [-0.1, -0.05) is 73.8 Å². The van der Waals surface area contributed by atoms with Gasteiger partial charge in [0, 0.05) is 56.5 Å². The molecular formula is C36H24N4O2. The summed E-state index contributed by atoms with van der Waals surface area (Å²) in [6.45, 7) is 8.00. The van der Waals surface area contributed by atoms with Gasteiger partial charge in [0.25, 0.3) is 11.8 Å². The zero-order valence-electron chi connectivity index (χ0n) is 22.5. The lowest BCUT2D eigenvalue weighted by atomic mass is 10.0. The molecule has 2 aliphatic heterocycles. The van der Waals surface area contributed by atoms with Crippen molar-refractivity contribution in [3.63, 3.8) is 0 Å². The Balaban J connectivity index is 1.21. The highest BCUT2D eigenvalue weighted by Gasteiger charge is 2.29. The van der Waals surface area contributed by atoms with Gasteiger partial charge in [0.15, 0.2) is 0 Å². The number of hydrogen-bond acceptors (Lipinski definition) is 2. The van der Waals surface area contributed by atoms with Crippen molar-refractivity contribution in [1.29, 1.82) is 0 Å². The SMILES string of the molecule is C=Cn1c2ccccc2c2ccc(C3=C/C(=C4/C=C(c5ccc6c7ccccc7n(C=C)c6c5)NC4=O)C(=O)N3)cc21. The first kappa shape index (κ1) is 24.0. The molecule has 6 nitrogen and oxygen atoms in total. The maximum Gasteiger partial charge on any atom is 0.256 e. The summed E-state index contributed by atoms with van der Waals surface area (Å²) < 4.78 is 4.10. The number of hydrogen-bond donors (Lipinski definition) is 2. The smallest absolute Gasteiger partial charge is 0.256 e. The first-order valence-electron chi connectivity index (χ1n) is 13.7. The quantitative estimate of drug-likeness (QED) is 0.234. The normalized spacial score (nSPS) is 16.8. The molecule has 0 bridgehead atoms. The van der Waals surface area contributed by atoms with E-state index in [0.717, 1.165) is 54.7 Å². The minimum atomic E-state index is -0.306. The van der Waals surface area contributed by atoms with Crippen LogP contribution in [0.5, 0.6) is 0 Å². The number of aromatic nitrogens is 2. The van der Waals surface area contributed by atoms with E-state index in [2.05, 4.69) is 60.2 Å². The summed E-state index contributed by atoms with van der Waals surface area (Å²) >= 11 is 0. The number of rotatable bonds is 4. The average Bonchev–Trinajstić information content (AvgIpc) is 3.76. The minimum Gasteiger partial charge on any atom is -0.321 e. The van der Waals surface area contributed by atoms with Gasteiger partial charge in [-0.05, 0) is 36.4 Å². The van der Waals surface area contributed by atoms with E-state index in [1.807, 2.05) is 57.7 Å². The highest BCUT2D eigenvalue weighted by molar-refractivity contribution is 6.19. The fraction of sp³-hybridized carbons (Fsp3) is 0. The molecule has 6 aromatic rings. The van der Waals surface area contributed by atoms with Crippen LogP contribution in [0.1, 0.15) is 11.1 Å². The van der Waals surface area contributed by atoms with Crippen LogP contribution in [-0.4, -0.2) is 20.9 Å². The van der Waals surface area contributed by atoms with Crippen LogP contribution in [0.3, 0.4) is 0 Å². The van der Waals surface area contributed by atoms with Crippen molar-refractivity contribution in [3.05, 3.63) is 133 Å². The van der Waals surface area contributed by atoms with Gasteiger partial charge < -0.3 is 19.8 Å². The van der Waals surface area contributed by atoms with Crippen molar-refractivity contribution in [2.75, 3.05) is 0 Å². The van der Waals surface area contributed by atoms with Gasteiger partial charge in [-0.3, -0.25) is 9.59 Å². The summed E-state index contributed by atoms with van der Waals surface area (Å²) in [5.41, 5.74) is 7.80. The number of carbonyl (C=O) groups is 2. The lowest BCUT2D eigenvalue weighted by Crippen LogP contribution is -2.20. The molecule has 2 aliphatic rings. The summed E-state index contributed by atoms with van der Waals surface area (Å²) in [5, 5.41) is 10.4. The van der Waals surface area contributed by atoms with Crippen molar-refractivity contribution in [2.24, 2.45) is 0 Å². The number of carbonyl (C=O) groups excluding carboxylic acids is 2. The van der Waals surface area contributed by atoms with Crippen LogP contribution in [0, 0.1) is 0 Å². The van der Waals surface area contributed by atoms with Gasteiger partial charge in [0.1, 0.15) is 0 Å². The van der Waals surface area contributed by atoms with Crippen molar-refractivity contribution in [3.8, 4) is 0 Å². The van der Waals surface area contributed by atoms with Crippen LogP contribution < -0.4 is 10.6 Å². The highest BCUT2D eigenvalue weighted by Crippen LogP contribution is 2.35. The van der Waals surface area contributed by atoms with Crippen LogP contribution in [0.15, 0.2) is 121 Å². The summed E-state index contributed by atoms with van der Waals surface area (Å²) in [6.07, 6.45) is 7.12. The van der Waals surface area contributed by atoms with E-state index in [1.54, 1.807) is 24.6 Å². The molecule has 2 aromatic heterocycles. The summed E-state index contributed by atoms with van der Waals surface area (Å²) in [5.74, 6) is -0.613. The maximum absolute atomic E-state index is 13.2. The number of nitrogens with zero attached hydrogens (tertiary/aromatic N) is 2. The predicted molar refractivity (Wildman–Crippen MR) is 171 cm³/mol. The van der Waals surface area contributed by atoms with E-state index < -0.39 is 0 Å². The summed E-state index contributed by atoms with van der Waals surface area (Å²) in [6, 6.07) is 28.5. The zero-order chi connectivity index (χ0) is 28.5. The monoisotopic (exact) mass is 544 g/mol. The van der Waals surface area contributed by atoms with Crippen molar-refractivity contribution in [1.82, 2.24) is 19.8 Å². The Bertz CT molecular complexity index is 2160. The standard InChI is InChI=1S/C36H24N4O2/c1-3-39-31-11-7-5-9-23(31)25-15-13-21(17-33(25)39)29-19-27(35(41)37-29)28-20-30(38-36(28)42)22-14-16-26-24-10-6-8-12-32(24)40(4-2)34(26)18-22/h3-20H,1-2H2,(H,37,41)(H,38,42)/b28-27+. The molecule has 6 heteroatoms. The van der Waals surface area contributed by atoms with E-state index in [0.29, 0.717) is 22.5 Å².